The van der Waals surface area contributed by atoms with Crippen molar-refractivity contribution in [2.24, 2.45) is 0 Å². The van der Waals surface area contributed by atoms with Gasteiger partial charge in [-0.2, -0.15) is 0 Å². The van der Waals surface area contributed by atoms with Gasteiger partial charge >= 0.3 is 0 Å². The first kappa shape index (κ1) is 19.9. The smallest absolute Gasteiger partial charge is 0.230 e. The lowest BCUT2D eigenvalue weighted by Gasteiger charge is -2.11. The van der Waals surface area contributed by atoms with E-state index in [2.05, 4.69) is 22.4 Å². The molecule has 2 aromatic heterocycles. The van der Waals surface area contributed by atoms with Crippen LogP contribution in [0.4, 0.5) is 0 Å². The zero-order valence-electron chi connectivity index (χ0n) is 16.5. The van der Waals surface area contributed by atoms with Crippen LogP contribution in [0.2, 0.25) is 0 Å². The van der Waals surface area contributed by atoms with Crippen LogP contribution in [0, 0.1) is 0 Å². The van der Waals surface area contributed by atoms with Gasteiger partial charge < -0.3 is 10.1 Å². The number of pyridine rings is 2. The molecular weight excluding hydrogens is 394 g/mol. The number of hydrogen-bond acceptors (Lipinski definition) is 5. The van der Waals surface area contributed by atoms with E-state index in [1.54, 1.807) is 19.5 Å². The maximum atomic E-state index is 12.3. The van der Waals surface area contributed by atoms with Gasteiger partial charge in [-0.05, 0) is 41.0 Å². The normalized spacial score (nSPS) is 10.7. The number of methoxy groups -OCH3 is 1. The van der Waals surface area contributed by atoms with Gasteiger partial charge in [0.2, 0.25) is 5.91 Å². The van der Waals surface area contributed by atoms with E-state index in [0.29, 0.717) is 6.54 Å². The number of nitrogens with one attached hydrogen (secondary N) is 1. The predicted octanol–water partition coefficient (Wildman–Crippen LogP) is 4.71. The van der Waals surface area contributed by atoms with Gasteiger partial charge in [-0.25, -0.2) is 4.98 Å². The van der Waals surface area contributed by atoms with Gasteiger partial charge in [0, 0.05) is 30.4 Å². The zero-order valence-corrected chi connectivity index (χ0v) is 17.4. The topological polar surface area (TPSA) is 64.1 Å². The Balaban J connectivity index is 1.55. The molecule has 0 aliphatic rings. The highest BCUT2D eigenvalue weighted by Gasteiger charge is 2.11. The van der Waals surface area contributed by atoms with E-state index < -0.39 is 0 Å². The van der Waals surface area contributed by atoms with E-state index in [-0.39, 0.29) is 11.7 Å². The lowest BCUT2D eigenvalue weighted by molar-refractivity contribution is -0.118. The number of amides is 1. The second kappa shape index (κ2) is 9.41. The molecule has 4 rings (SSSR count). The molecule has 0 unspecified atom stereocenters. The highest BCUT2D eigenvalue weighted by Crippen LogP contribution is 2.33. The Bertz CT molecular complexity index is 1150. The molecule has 0 saturated heterocycles. The van der Waals surface area contributed by atoms with Gasteiger partial charge in [-0.1, -0.05) is 48.2 Å². The molecule has 2 aromatic carbocycles. The maximum absolute atomic E-state index is 12.3. The average molecular weight is 416 g/mol. The second-order valence-corrected chi connectivity index (χ2v) is 7.68. The van der Waals surface area contributed by atoms with E-state index in [0.717, 1.165) is 38.4 Å². The van der Waals surface area contributed by atoms with Crippen LogP contribution in [0.3, 0.4) is 0 Å². The summed E-state index contributed by atoms with van der Waals surface area (Å²) < 4.78 is 5.36. The van der Waals surface area contributed by atoms with Crippen LogP contribution in [-0.4, -0.2) is 28.7 Å². The second-order valence-electron chi connectivity index (χ2n) is 6.68. The molecule has 0 atom stereocenters. The van der Waals surface area contributed by atoms with Crippen LogP contribution in [0.15, 0.2) is 84.1 Å². The molecule has 0 bridgehead atoms. The number of carbonyl (C=O) groups excluding carboxylic acids is 1. The first-order valence-electron chi connectivity index (χ1n) is 9.55. The van der Waals surface area contributed by atoms with E-state index >= 15 is 0 Å². The summed E-state index contributed by atoms with van der Waals surface area (Å²) >= 11 is 1.42. The van der Waals surface area contributed by atoms with Gasteiger partial charge in [0.05, 0.1) is 23.4 Å². The van der Waals surface area contributed by atoms with Crippen LogP contribution in [0.25, 0.3) is 22.0 Å². The number of hydrogen-bond donors (Lipinski definition) is 1. The van der Waals surface area contributed by atoms with E-state index in [1.807, 2.05) is 54.6 Å². The maximum Gasteiger partial charge on any atom is 0.230 e. The Kier molecular flexibility index (Phi) is 6.25. The first-order valence-corrected chi connectivity index (χ1v) is 10.5. The highest BCUT2D eigenvalue weighted by atomic mass is 32.2. The molecule has 0 radical (unpaired) electrons. The summed E-state index contributed by atoms with van der Waals surface area (Å²) in [5, 5.41) is 4.77. The molecule has 150 valence electrons. The molecule has 0 fully saturated rings. The first-order chi connectivity index (χ1) is 14.7. The monoisotopic (exact) mass is 415 g/mol. The fourth-order valence-corrected chi connectivity index (χ4v) is 3.88. The SMILES string of the molecule is COc1ccc2c(-c3ccccc3)cc(SCC(=O)NCc3cccnc3)nc2c1. The molecule has 5 nitrogen and oxygen atoms in total. The lowest BCUT2D eigenvalue weighted by Crippen LogP contribution is -2.24. The Labute approximate surface area is 179 Å². The molecule has 0 spiro atoms. The Hall–Kier alpha value is -3.38. The summed E-state index contributed by atoms with van der Waals surface area (Å²) in [6.45, 7) is 0.463. The van der Waals surface area contributed by atoms with E-state index in [4.69, 9.17) is 9.72 Å². The predicted molar refractivity (Wildman–Crippen MR) is 121 cm³/mol. The number of ether oxygens (including phenoxy) is 1. The Morgan fingerprint density at radius 3 is 2.70 bits per heavy atom. The van der Waals surface area contributed by atoms with Crippen LogP contribution in [0.5, 0.6) is 5.75 Å². The van der Waals surface area contributed by atoms with Crippen LogP contribution >= 0.6 is 11.8 Å². The quantitative estimate of drug-likeness (QED) is 0.443. The summed E-state index contributed by atoms with van der Waals surface area (Å²) in [6.07, 6.45) is 3.46. The van der Waals surface area contributed by atoms with Crippen LogP contribution in [-0.2, 0) is 11.3 Å². The molecule has 4 aromatic rings. The molecule has 30 heavy (non-hydrogen) atoms. The third kappa shape index (κ3) is 4.78. The van der Waals surface area contributed by atoms with Crippen molar-refractivity contribution in [1.29, 1.82) is 0 Å². The van der Waals surface area contributed by atoms with E-state index in [1.165, 1.54) is 11.8 Å². The third-order valence-corrected chi connectivity index (χ3v) is 5.55. The number of aromatic nitrogens is 2. The Morgan fingerprint density at radius 2 is 1.93 bits per heavy atom. The fraction of sp³-hybridized carbons (Fsp3) is 0.125. The average Bonchev–Trinajstić information content (AvgIpc) is 2.81. The molecule has 0 saturated carbocycles. The molecule has 1 amide bonds. The summed E-state index contributed by atoms with van der Waals surface area (Å²) in [7, 11) is 1.64. The largest absolute Gasteiger partial charge is 0.497 e. The number of fused-ring (bicyclic) bond motifs is 1. The van der Waals surface area contributed by atoms with Gasteiger partial charge in [0.1, 0.15) is 5.75 Å². The van der Waals surface area contributed by atoms with Crippen LogP contribution in [0.1, 0.15) is 5.56 Å². The summed E-state index contributed by atoms with van der Waals surface area (Å²) in [6, 6.07) is 21.9. The minimum atomic E-state index is -0.0438. The molecule has 0 aliphatic carbocycles. The van der Waals surface area contributed by atoms with Gasteiger partial charge in [-0.3, -0.25) is 9.78 Å². The number of benzene rings is 2. The summed E-state index contributed by atoms with van der Waals surface area (Å²) in [4.78, 5) is 21.1. The Morgan fingerprint density at radius 1 is 1.07 bits per heavy atom. The number of nitrogens with zero attached hydrogens (tertiary/aromatic N) is 2. The molecular formula is C24H21N3O2S. The minimum Gasteiger partial charge on any atom is -0.497 e. The molecule has 0 aliphatic heterocycles. The van der Waals surface area contributed by atoms with Crippen molar-refractivity contribution in [2.75, 3.05) is 12.9 Å². The van der Waals surface area contributed by atoms with E-state index in [9.17, 15) is 4.79 Å². The minimum absolute atomic E-state index is 0.0438. The fourth-order valence-electron chi connectivity index (χ4n) is 3.14. The van der Waals surface area contributed by atoms with Gasteiger partial charge in [0.15, 0.2) is 0 Å². The van der Waals surface area contributed by atoms with Gasteiger partial charge in [-0.15, -0.1) is 0 Å². The van der Waals surface area contributed by atoms with Crippen molar-refractivity contribution in [3.63, 3.8) is 0 Å². The molecule has 1 N–H and O–H groups in total. The highest BCUT2D eigenvalue weighted by molar-refractivity contribution is 7.99. The number of rotatable bonds is 7. The number of thioether (sulfide) groups is 1. The van der Waals surface area contributed by atoms with Crippen LogP contribution < -0.4 is 10.1 Å². The van der Waals surface area contributed by atoms with Crippen molar-refractivity contribution in [3.05, 3.63) is 84.7 Å². The summed E-state index contributed by atoms with van der Waals surface area (Å²) in [5.41, 5.74) is 4.01. The van der Waals surface area contributed by atoms with Crippen molar-refractivity contribution in [2.45, 2.75) is 11.6 Å². The van der Waals surface area contributed by atoms with Crippen molar-refractivity contribution < 1.29 is 9.53 Å². The number of carbonyl (C=O) groups is 1. The zero-order chi connectivity index (χ0) is 20.8. The van der Waals surface area contributed by atoms with Crippen molar-refractivity contribution in [3.8, 4) is 16.9 Å². The molecule has 6 heteroatoms. The lowest BCUT2D eigenvalue weighted by atomic mass is 10.0. The standard InChI is InChI=1S/C24H21N3O2S/c1-29-19-9-10-20-21(18-7-3-2-4-8-18)13-24(27-22(20)12-19)30-16-23(28)26-15-17-6-5-11-25-14-17/h2-14H,15-16H2,1H3,(H,26,28). The summed E-state index contributed by atoms with van der Waals surface area (Å²) in [5.74, 6) is 1.000. The third-order valence-electron chi connectivity index (χ3n) is 4.64. The molecule has 2 heterocycles. The van der Waals surface area contributed by atoms with Crippen molar-refractivity contribution >= 4 is 28.6 Å². The van der Waals surface area contributed by atoms with Gasteiger partial charge in [0.25, 0.3) is 0 Å². The van der Waals surface area contributed by atoms with Crippen molar-refractivity contribution in [1.82, 2.24) is 15.3 Å².